The number of methoxy groups -OCH3 is 2. The molecular weight excluding hydrogens is 580 g/mol. The number of urea groups is 1. The van der Waals surface area contributed by atoms with Crippen LogP contribution in [0.1, 0.15) is 30.0 Å². The molecule has 9 nitrogen and oxygen atoms in total. The number of hydrogen-bond donors (Lipinski definition) is 1. The molecule has 0 radical (unpaired) electrons. The van der Waals surface area contributed by atoms with Crippen LogP contribution in [0.2, 0.25) is 0 Å². The van der Waals surface area contributed by atoms with Gasteiger partial charge in [0.2, 0.25) is 0 Å². The van der Waals surface area contributed by atoms with E-state index in [4.69, 9.17) is 18.9 Å². The van der Waals surface area contributed by atoms with Gasteiger partial charge in [-0.3, -0.25) is 19.8 Å². The highest BCUT2D eigenvalue weighted by atomic mass is 79.9. The summed E-state index contributed by atoms with van der Waals surface area (Å²) in [6, 6.07) is 17.4. The summed E-state index contributed by atoms with van der Waals surface area (Å²) >= 11 is 3.50. The Bertz CT molecular complexity index is 1440. The van der Waals surface area contributed by atoms with E-state index in [0.717, 1.165) is 16.9 Å². The molecule has 0 aromatic heterocycles. The monoisotopic (exact) mass is 608 g/mol. The first-order valence-corrected chi connectivity index (χ1v) is 13.4. The van der Waals surface area contributed by atoms with Gasteiger partial charge < -0.3 is 18.9 Å². The first kappa shape index (κ1) is 28.7. The summed E-state index contributed by atoms with van der Waals surface area (Å²) in [5.41, 5.74) is 1.92. The third-order valence-corrected chi connectivity index (χ3v) is 6.59. The van der Waals surface area contributed by atoms with Crippen LogP contribution in [-0.4, -0.2) is 43.6 Å². The average Bonchev–Trinajstić information content (AvgIpc) is 2.96. The third kappa shape index (κ3) is 6.63. The Kier molecular flexibility index (Phi) is 9.44. The fourth-order valence-electron chi connectivity index (χ4n) is 4.02. The maximum Gasteiger partial charge on any atom is 0.331 e. The quantitative estimate of drug-likeness (QED) is 0.226. The molecule has 0 saturated carbocycles. The first-order chi connectivity index (χ1) is 19.3. The molecule has 1 aliphatic heterocycles. The average molecular weight is 609 g/mol. The zero-order chi connectivity index (χ0) is 28.6. The summed E-state index contributed by atoms with van der Waals surface area (Å²) in [5.74, 6) is 0.421. The van der Waals surface area contributed by atoms with Gasteiger partial charge in [0.1, 0.15) is 12.2 Å². The number of nitrogens with zero attached hydrogens (tertiary/aromatic N) is 1. The van der Waals surface area contributed by atoms with Crippen molar-refractivity contribution in [3.8, 4) is 23.0 Å². The minimum absolute atomic E-state index is 0.0705. The number of rotatable bonds is 11. The molecular formula is C30H29BrN2O7. The molecule has 208 valence electrons. The highest BCUT2D eigenvalue weighted by molar-refractivity contribution is 9.10. The number of barbiturate groups is 1. The Labute approximate surface area is 240 Å². The van der Waals surface area contributed by atoms with Gasteiger partial charge in [-0.2, -0.15) is 0 Å². The molecule has 0 bridgehead atoms. The zero-order valence-corrected chi connectivity index (χ0v) is 23.9. The van der Waals surface area contributed by atoms with Crippen LogP contribution < -0.4 is 24.3 Å². The van der Waals surface area contributed by atoms with Crippen molar-refractivity contribution in [2.24, 2.45) is 0 Å². The van der Waals surface area contributed by atoms with Crippen LogP contribution in [-0.2, 0) is 22.7 Å². The van der Waals surface area contributed by atoms with E-state index in [9.17, 15) is 14.4 Å². The zero-order valence-electron chi connectivity index (χ0n) is 22.4. The fourth-order valence-corrected chi connectivity index (χ4v) is 4.60. The van der Waals surface area contributed by atoms with E-state index < -0.39 is 17.8 Å². The molecule has 40 heavy (non-hydrogen) atoms. The predicted octanol–water partition coefficient (Wildman–Crippen LogP) is 5.50. The van der Waals surface area contributed by atoms with Crippen molar-refractivity contribution in [3.63, 3.8) is 0 Å². The van der Waals surface area contributed by atoms with Gasteiger partial charge in [-0.25, -0.2) is 4.79 Å². The summed E-state index contributed by atoms with van der Waals surface area (Å²) in [6.45, 7) is 2.78. The molecule has 0 atom stereocenters. The van der Waals surface area contributed by atoms with Crippen molar-refractivity contribution in [2.45, 2.75) is 26.5 Å². The van der Waals surface area contributed by atoms with Crippen LogP contribution in [0.15, 0.2) is 70.7 Å². The van der Waals surface area contributed by atoms with Crippen molar-refractivity contribution in [3.05, 3.63) is 87.4 Å². The van der Waals surface area contributed by atoms with E-state index in [1.165, 1.54) is 20.3 Å². The SMILES string of the molecule is CCCOc1ccc(CN2C(=O)NC(=O)/C(=C\c3cc(Br)c(OCc4ccccc4)c(OC)c3)C2=O)cc1OC. The van der Waals surface area contributed by atoms with Crippen molar-refractivity contribution < 1.29 is 33.3 Å². The van der Waals surface area contributed by atoms with Crippen molar-refractivity contribution >= 4 is 39.9 Å². The second-order valence-electron chi connectivity index (χ2n) is 8.85. The summed E-state index contributed by atoms with van der Waals surface area (Å²) in [4.78, 5) is 39.6. The highest BCUT2D eigenvalue weighted by Gasteiger charge is 2.36. The second kappa shape index (κ2) is 13.2. The van der Waals surface area contributed by atoms with E-state index in [2.05, 4.69) is 21.2 Å². The summed E-state index contributed by atoms with van der Waals surface area (Å²) in [7, 11) is 3.01. The van der Waals surface area contributed by atoms with E-state index in [1.54, 1.807) is 30.3 Å². The standard InChI is InChI=1S/C30H29BrN2O7/c1-4-12-39-24-11-10-20(15-25(24)37-2)17-33-29(35)22(28(34)32-30(33)36)13-21-14-23(31)27(26(16-21)38-3)40-18-19-8-6-5-7-9-19/h5-11,13-16H,4,12,17-18H2,1-3H3,(H,32,34,36)/b22-13+. The summed E-state index contributed by atoms with van der Waals surface area (Å²) in [5, 5.41) is 2.25. The van der Waals surface area contributed by atoms with Gasteiger partial charge in [-0.05, 0) is 69.4 Å². The smallest absolute Gasteiger partial charge is 0.331 e. The number of nitrogens with one attached hydrogen (secondary N) is 1. The molecule has 0 unspecified atom stereocenters. The molecule has 10 heteroatoms. The fraction of sp³-hybridized carbons (Fsp3) is 0.233. The number of carbonyl (C=O) groups is 3. The van der Waals surface area contributed by atoms with Crippen LogP contribution in [0.25, 0.3) is 6.08 Å². The Hall–Kier alpha value is -4.31. The second-order valence-corrected chi connectivity index (χ2v) is 9.70. The number of hydrogen-bond acceptors (Lipinski definition) is 7. The van der Waals surface area contributed by atoms with Crippen LogP contribution in [0, 0.1) is 0 Å². The molecule has 4 rings (SSSR count). The van der Waals surface area contributed by atoms with Crippen molar-refractivity contribution in [1.29, 1.82) is 0 Å². The largest absolute Gasteiger partial charge is 0.493 e. The van der Waals surface area contributed by atoms with E-state index in [-0.39, 0.29) is 12.1 Å². The van der Waals surface area contributed by atoms with Gasteiger partial charge in [-0.15, -0.1) is 0 Å². The number of halogens is 1. The Morgan fingerprint density at radius 2 is 1.62 bits per heavy atom. The van der Waals surface area contributed by atoms with E-state index in [0.29, 0.717) is 51.8 Å². The predicted molar refractivity (Wildman–Crippen MR) is 152 cm³/mol. The van der Waals surface area contributed by atoms with Gasteiger partial charge in [0.25, 0.3) is 11.8 Å². The Balaban J connectivity index is 1.57. The van der Waals surface area contributed by atoms with Crippen LogP contribution in [0.4, 0.5) is 4.79 Å². The molecule has 1 fully saturated rings. The topological polar surface area (TPSA) is 103 Å². The lowest BCUT2D eigenvalue weighted by Crippen LogP contribution is -2.53. The van der Waals surface area contributed by atoms with E-state index >= 15 is 0 Å². The summed E-state index contributed by atoms with van der Waals surface area (Å²) < 4.78 is 23.1. The third-order valence-electron chi connectivity index (χ3n) is 6.00. The number of amides is 4. The summed E-state index contributed by atoms with van der Waals surface area (Å²) in [6.07, 6.45) is 2.25. The van der Waals surface area contributed by atoms with Crippen LogP contribution >= 0.6 is 15.9 Å². The molecule has 4 amide bonds. The van der Waals surface area contributed by atoms with E-state index in [1.807, 2.05) is 37.3 Å². The lowest BCUT2D eigenvalue weighted by molar-refractivity contribution is -0.130. The van der Waals surface area contributed by atoms with Crippen LogP contribution in [0.5, 0.6) is 23.0 Å². The van der Waals surface area contributed by atoms with Gasteiger partial charge >= 0.3 is 6.03 Å². The maximum atomic E-state index is 13.3. The lowest BCUT2D eigenvalue weighted by Gasteiger charge is -2.26. The number of carbonyl (C=O) groups excluding carboxylic acids is 3. The van der Waals surface area contributed by atoms with Gasteiger partial charge in [0.15, 0.2) is 23.0 Å². The molecule has 1 aliphatic rings. The molecule has 1 N–H and O–H groups in total. The van der Waals surface area contributed by atoms with Gasteiger partial charge in [-0.1, -0.05) is 43.3 Å². The Morgan fingerprint density at radius 3 is 2.33 bits per heavy atom. The lowest BCUT2D eigenvalue weighted by atomic mass is 10.1. The molecule has 0 spiro atoms. The van der Waals surface area contributed by atoms with Gasteiger partial charge in [0.05, 0.1) is 31.8 Å². The Morgan fingerprint density at radius 1 is 0.875 bits per heavy atom. The van der Waals surface area contributed by atoms with Crippen molar-refractivity contribution in [1.82, 2.24) is 10.2 Å². The molecule has 0 aliphatic carbocycles. The van der Waals surface area contributed by atoms with Crippen molar-refractivity contribution in [2.75, 3.05) is 20.8 Å². The molecule has 3 aromatic carbocycles. The number of ether oxygens (including phenoxy) is 4. The molecule has 3 aromatic rings. The number of benzene rings is 3. The van der Waals surface area contributed by atoms with Crippen LogP contribution in [0.3, 0.4) is 0 Å². The highest BCUT2D eigenvalue weighted by Crippen LogP contribution is 2.38. The first-order valence-electron chi connectivity index (χ1n) is 12.6. The maximum absolute atomic E-state index is 13.3. The minimum Gasteiger partial charge on any atom is -0.493 e. The molecule has 1 heterocycles. The number of imide groups is 2. The molecule has 1 saturated heterocycles. The normalized spacial score (nSPS) is 14.2. The minimum atomic E-state index is -0.805. The van der Waals surface area contributed by atoms with Gasteiger partial charge in [0, 0.05) is 0 Å².